The predicted molar refractivity (Wildman–Crippen MR) is 113 cm³/mol. The maximum atomic E-state index is 12.8. The van der Waals surface area contributed by atoms with Crippen LogP contribution < -0.4 is 4.90 Å². The van der Waals surface area contributed by atoms with Crippen LogP contribution >= 0.6 is 0 Å². The molecule has 2 aromatic carbocycles. The molecule has 29 heavy (non-hydrogen) atoms. The van der Waals surface area contributed by atoms with E-state index in [4.69, 9.17) is 4.74 Å². The minimum atomic E-state index is -0.467. The largest absolute Gasteiger partial charge is 0.360 e. The van der Waals surface area contributed by atoms with Crippen molar-refractivity contribution in [1.29, 1.82) is 5.26 Å². The number of morpholine rings is 1. The summed E-state index contributed by atoms with van der Waals surface area (Å²) < 4.78 is 6.26. The average molecular weight is 389 g/mol. The van der Waals surface area contributed by atoms with Gasteiger partial charge in [-0.3, -0.25) is 4.79 Å². The number of nitriles is 1. The number of nitrogens with zero attached hydrogens (tertiary/aromatic N) is 3. The van der Waals surface area contributed by atoms with Crippen molar-refractivity contribution >= 4 is 11.6 Å². The second kappa shape index (κ2) is 8.36. The van der Waals surface area contributed by atoms with Gasteiger partial charge in [0, 0.05) is 25.3 Å². The molecular formula is C24H27N3O2. The van der Waals surface area contributed by atoms with E-state index < -0.39 is 6.10 Å². The first-order valence-corrected chi connectivity index (χ1v) is 10.3. The van der Waals surface area contributed by atoms with Gasteiger partial charge in [0.2, 0.25) is 0 Å². The number of amides is 1. The predicted octanol–water partition coefficient (Wildman–Crippen LogP) is 3.39. The van der Waals surface area contributed by atoms with Crippen LogP contribution in [0.5, 0.6) is 0 Å². The van der Waals surface area contributed by atoms with Crippen molar-refractivity contribution < 1.29 is 9.53 Å². The fraction of sp³-hybridized carbons (Fsp3) is 0.417. The van der Waals surface area contributed by atoms with E-state index in [2.05, 4.69) is 41.3 Å². The molecular weight excluding hydrogens is 362 g/mol. The Kier molecular flexibility index (Phi) is 5.66. The number of ether oxygens (including phenoxy) is 1. The first kappa shape index (κ1) is 19.6. The molecule has 1 atom stereocenters. The minimum Gasteiger partial charge on any atom is -0.360 e. The van der Waals surface area contributed by atoms with Gasteiger partial charge in [-0.05, 0) is 49.9 Å². The van der Waals surface area contributed by atoms with Crippen LogP contribution in [0, 0.1) is 11.3 Å². The molecule has 1 unspecified atom stereocenters. The molecule has 5 nitrogen and oxygen atoms in total. The summed E-state index contributed by atoms with van der Waals surface area (Å²) in [5.74, 6) is -0.0304. The van der Waals surface area contributed by atoms with Crippen molar-refractivity contribution in [2.45, 2.75) is 37.9 Å². The van der Waals surface area contributed by atoms with Gasteiger partial charge in [0.05, 0.1) is 23.8 Å². The molecule has 0 N–H and O–H groups in total. The Morgan fingerprint density at radius 2 is 1.90 bits per heavy atom. The van der Waals surface area contributed by atoms with Gasteiger partial charge in [-0.15, -0.1) is 0 Å². The highest BCUT2D eigenvalue weighted by molar-refractivity contribution is 5.97. The molecule has 1 amide bonds. The Bertz CT molecular complexity index is 898. The summed E-state index contributed by atoms with van der Waals surface area (Å²) in [6.45, 7) is 5.38. The number of rotatable bonds is 4. The zero-order chi connectivity index (χ0) is 20.3. The van der Waals surface area contributed by atoms with E-state index >= 15 is 0 Å². The van der Waals surface area contributed by atoms with Gasteiger partial charge in [0.25, 0.3) is 5.91 Å². The van der Waals surface area contributed by atoms with Gasteiger partial charge in [-0.2, -0.15) is 5.26 Å². The molecule has 0 aromatic heterocycles. The van der Waals surface area contributed by atoms with Gasteiger partial charge in [0.15, 0.2) is 0 Å². The molecule has 5 heteroatoms. The lowest BCUT2D eigenvalue weighted by Gasteiger charge is -2.49. The fourth-order valence-electron chi connectivity index (χ4n) is 4.40. The zero-order valence-electron chi connectivity index (χ0n) is 16.9. The molecule has 1 spiro atoms. The molecule has 0 bridgehead atoms. The van der Waals surface area contributed by atoms with Crippen LogP contribution in [0.1, 0.15) is 30.9 Å². The van der Waals surface area contributed by atoms with E-state index in [1.165, 1.54) is 5.56 Å². The summed E-state index contributed by atoms with van der Waals surface area (Å²) in [5, 5.41) is 9.20. The van der Waals surface area contributed by atoms with Gasteiger partial charge >= 0.3 is 0 Å². The number of hydrogen-bond donors (Lipinski definition) is 0. The van der Waals surface area contributed by atoms with Crippen LogP contribution in [0.3, 0.4) is 0 Å². The van der Waals surface area contributed by atoms with Crippen molar-refractivity contribution in [1.82, 2.24) is 4.90 Å². The summed E-state index contributed by atoms with van der Waals surface area (Å²) >= 11 is 0. The lowest BCUT2D eigenvalue weighted by Crippen LogP contribution is -2.61. The molecule has 150 valence electrons. The Balaban J connectivity index is 1.42. The standard InChI is InChI=1S/C24H27N3O2/c1-19-23(28)27(22-9-5-8-21(16-22)17-25)18-24(29-19)11-14-26(15-12-24)13-10-20-6-3-2-4-7-20/h2-9,16,19H,10-15,18H2,1H3. The second-order valence-corrected chi connectivity index (χ2v) is 8.11. The minimum absolute atomic E-state index is 0.0304. The molecule has 2 heterocycles. The average Bonchev–Trinajstić information content (AvgIpc) is 2.77. The normalized spacial score (nSPS) is 21.9. The summed E-state index contributed by atoms with van der Waals surface area (Å²) in [6.07, 6.45) is 2.41. The molecule has 2 aliphatic rings. The van der Waals surface area contributed by atoms with Crippen molar-refractivity contribution in [2.75, 3.05) is 31.1 Å². The SMILES string of the molecule is CC1OC2(CCN(CCc3ccccc3)CC2)CN(c2cccc(C#N)c2)C1=O. The number of hydrogen-bond acceptors (Lipinski definition) is 4. The second-order valence-electron chi connectivity index (χ2n) is 8.11. The molecule has 0 radical (unpaired) electrons. The van der Waals surface area contributed by atoms with E-state index in [1.807, 2.05) is 24.0 Å². The first-order chi connectivity index (χ1) is 14.1. The molecule has 2 fully saturated rings. The summed E-state index contributed by atoms with van der Waals surface area (Å²) in [6, 6.07) is 20.0. The summed E-state index contributed by atoms with van der Waals surface area (Å²) in [4.78, 5) is 17.1. The third-order valence-corrected chi connectivity index (χ3v) is 6.10. The third-order valence-electron chi connectivity index (χ3n) is 6.10. The Labute approximate surface area is 172 Å². The summed E-state index contributed by atoms with van der Waals surface area (Å²) in [7, 11) is 0. The number of carbonyl (C=O) groups excluding carboxylic acids is 1. The van der Waals surface area contributed by atoms with Crippen molar-refractivity contribution in [3.63, 3.8) is 0 Å². The van der Waals surface area contributed by atoms with E-state index in [1.54, 1.807) is 12.1 Å². The van der Waals surface area contributed by atoms with E-state index in [9.17, 15) is 10.1 Å². The van der Waals surface area contributed by atoms with Crippen LogP contribution in [0.25, 0.3) is 0 Å². The Hall–Kier alpha value is -2.68. The van der Waals surface area contributed by atoms with Crippen molar-refractivity contribution in [3.05, 3.63) is 65.7 Å². The quantitative estimate of drug-likeness (QED) is 0.804. The van der Waals surface area contributed by atoms with Crippen LogP contribution in [-0.2, 0) is 16.0 Å². The van der Waals surface area contributed by atoms with Crippen molar-refractivity contribution in [3.8, 4) is 6.07 Å². The van der Waals surface area contributed by atoms with E-state index in [0.29, 0.717) is 12.1 Å². The first-order valence-electron chi connectivity index (χ1n) is 10.3. The molecule has 0 saturated carbocycles. The van der Waals surface area contributed by atoms with Gasteiger partial charge < -0.3 is 14.5 Å². The molecule has 2 saturated heterocycles. The molecule has 4 rings (SSSR count). The van der Waals surface area contributed by atoms with Crippen LogP contribution in [0.15, 0.2) is 54.6 Å². The third kappa shape index (κ3) is 4.34. The van der Waals surface area contributed by atoms with Crippen molar-refractivity contribution in [2.24, 2.45) is 0 Å². The number of piperidine rings is 1. The highest BCUT2D eigenvalue weighted by Crippen LogP contribution is 2.35. The van der Waals surface area contributed by atoms with Crippen LogP contribution in [0.4, 0.5) is 5.69 Å². The lowest BCUT2D eigenvalue weighted by molar-refractivity contribution is -0.161. The van der Waals surface area contributed by atoms with E-state index in [-0.39, 0.29) is 11.5 Å². The number of anilines is 1. The number of likely N-dealkylation sites (tertiary alicyclic amines) is 1. The lowest BCUT2D eigenvalue weighted by atomic mass is 9.88. The zero-order valence-corrected chi connectivity index (χ0v) is 16.9. The monoisotopic (exact) mass is 389 g/mol. The maximum Gasteiger partial charge on any atom is 0.255 e. The van der Waals surface area contributed by atoms with E-state index in [0.717, 1.165) is 44.6 Å². The molecule has 0 aliphatic carbocycles. The maximum absolute atomic E-state index is 12.8. The number of benzene rings is 2. The summed E-state index contributed by atoms with van der Waals surface area (Å²) in [5.41, 5.74) is 2.41. The van der Waals surface area contributed by atoms with Crippen LogP contribution in [0.2, 0.25) is 0 Å². The Morgan fingerprint density at radius 3 is 2.62 bits per heavy atom. The van der Waals surface area contributed by atoms with Crippen LogP contribution in [-0.4, -0.2) is 48.7 Å². The fourth-order valence-corrected chi connectivity index (χ4v) is 4.40. The van der Waals surface area contributed by atoms with Gasteiger partial charge in [-0.1, -0.05) is 36.4 Å². The van der Waals surface area contributed by atoms with Gasteiger partial charge in [-0.25, -0.2) is 0 Å². The molecule has 2 aliphatic heterocycles. The highest BCUT2D eigenvalue weighted by atomic mass is 16.5. The highest BCUT2D eigenvalue weighted by Gasteiger charge is 2.45. The van der Waals surface area contributed by atoms with Gasteiger partial charge in [0.1, 0.15) is 6.10 Å². The Morgan fingerprint density at radius 1 is 1.14 bits per heavy atom. The number of carbonyl (C=O) groups is 1. The molecule has 2 aromatic rings. The smallest absolute Gasteiger partial charge is 0.255 e. The topological polar surface area (TPSA) is 56.6 Å².